The molecule has 0 atom stereocenters. The van der Waals surface area contributed by atoms with Gasteiger partial charge in [0.05, 0.1) is 31.0 Å². The van der Waals surface area contributed by atoms with E-state index in [2.05, 4.69) is 16.9 Å². The summed E-state index contributed by atoms with van der Waals surface area (Å²) >= 11 is 0. The first-order chi connectivity index (χ1) is 12.2. The number of hydrogen-bond donors (Lipinski definition) is 1. The summed E-state index contributed by atoms with van der Waals surface area (Å²) in [5, 5.41) is 3.87. The Balaban J connectivity index is 2.02. The number of methoxy groups -OCH3 is 2. The molecule has 0 bridgehead atoms. The maximum atomic E-state index is 12.8. The van der Waals surface area contributed by atoms with Gasteiger partial charge in [-0.1, -0.05) is 30.9 Å². The summed E-state index contributed by atoms with van der Waals surface area (Å²) in [5.74, 6) is 0.754. The van der Waals surface area contributed by atoms with Crippen LogP contribution in [0.2, 0.25) is 0 Å². The molecule has 0 fully saturated rings. The fourth-order valence-electron chi connectivity index (χ4n) is 2.65. The Morgan fingerprint density at radius 2 is 1.84 bits per heavy atom. The van der Waals surface area contributed by atoms with Crippen molar-refractivity contribution in [1.82, 2.24) is 4.98 Å². The summed E-state index contributed by atoms with van der Waals surface area (Å²) in [6.07, 6.45) is 3.31. The number of anilines is 1. The molecule has 0 saturated carbocycles. The number of pyridine rings is 1. The molecule has 1 aromatic heterocycles. The number of benzene rings is 2. The molecule has 3 aromatic rings. The molecule has 1 amide bonds. The molecule has 0 spiro atoms. The van der Waals surface area contributed by atoms with Crippen molar-refractivity contribution in [2.24, 2.45) is 0 Å². The second-order valence-corrected chi connectivity index (χ2v) is 5.33. The molecule has 0 saturated heterocycles. The van der Waals surface area contributed by atoms with E-state index in [1.54, 1.807) is 31.5 Å². The SMILES string of the molecule is C=Cc1cc(OC)c(OC)cc1C(=O)Nc1cccc2cccnc12. The third-order valence-corrected chi connectivity index (χ3v) is 3.90. The number of carbonyl (C=O) groups is 1. The quantitative estimate of drug-likeness (QED) is 0.761. The monoisotopic (exact) mass is 334 g/mol. The third-order valence-electron chi connectivity index (χ3n) is 3.90. The van der Waals surface area contributed by atoms with Crippen molar-refractivity contribution >= 4 is 28.6 Å². The van der Waals surface area contributed by atoms with Crippen molar-refractivity contribution in [3.05, 3.63) is 66.4 Å². The van der Waals surface area contributed by atoms with Crippen molar-refractivity contribution in [2.45, 2.75) is 0 Å². The number of nitrogens with one attached hydrogen (secondary N) is 1. The molecule has 2 aromatic carbocycles. The van der Waals surface area contributed by atoms with E-state index in [1.807, 2.05) is 30.3 Å². The number of hydrogen-bond acceptors (Lipinski definition) is 4. The molecule has 0 unspecified atom stereocenters. The standard InChI is InChI=1S/C20H18N2O3/c1-4-13-11-17(24-2)18(25-3)12-15(13)20(23)22-16-9-5-7-14-8-6-10-21-19(14)16/h4-12H,1H2,2-3H3,(H,22,23). The van der Waals surface area contributed by atoms with Gasteiger partial charge in [0.15, 0.2) is 11.5 Å². The van der Waals surface area contributed by atoms with Crippen molar-refractivity contribution < 1.29 is 14.3 Å². The maximum Gasteiger partial charge on any atom is 0.256 e. The number of rotatable bonds is 5. The lowest BCUT2D eigenvalue weighted by Crippen LogP contribution is -2.14. The summed E-state index contributed by atoms with van der Waals surface area (Å²) in [4.78, 5) is 17.2. The van der Waals surface area contributed by atoms with Gasteiger partial charge in [-0.3, -0.25) is 9.78 Å². The van der Waals surface area contributed by atoms with Crippen molar-refractivity contribution in [1.29, 1.82) is 0 Å². The van der Waals surface area contributed by atoms with Crippen molar-refractivity contribution in [2.75, 3.05) is 19.5 Å². The first kappa shape index (κ1) is 16.5. The minimum Gasteiger partial charge on any atom is -0.493 e. The zero-order chi connectivity index (χ0) is 17.8. The van der Waals surface area contributed by atoms with Crippen LogP contribution < -0.4 is 14.8 Å². The van der Waals surface area contributed by atoms with Crippen LogP contribution in [0.3, 0.4) is 0 Å². The van der Waals surface area contributed by atoms with Crippen LogP contribution in [0.1, 0.15) is 15.9 Å². The Morgan fingerprint density at radius 3 is 2.56 bits per heavy atom. The summed E-state index contributed by atoms with van der Waals surface area (Å²) < 4.78 is 10.6. The topological polar surface area (TPSA) is 60.5 Å². The number of amides is 1. The third kappa shape index (κ3) is 3.17. The predicted molar refractivity (Wildman–Crippen MR) is 99.3 cm³/mol. The van der Waals surface area contributed by atoms with E-state index < -0.39 is 0 Å². The van der Waals surface area contributed by atoms with Gasteiger partial charge >= 0.3 is 0 Å². The normalized spacial score (nSPS) is 10.3. The first-order valence-electron chi connectivity index (χ1n) is 7.71. The van der Waals surface area contributed by atoms with Crippen LogP contribution in [0.5, 0.6) is 11.5 Å². The Labute approximate surface area is 145 Å². The zero-order valence-corrected chi connectivity index (χ0v) is 14.1. The van der Waals surface area contributed by atoms with Crippen LogP contribution >= 0.6 is 0 Å². The van der Waals surface area contributed by atoms with E-state index in [0.717, 1.165) is 10.9 Å². The molecule has 126 valence electrons. The van der Waals surface area contributed by atoms with Gasteiger partial charge in [0.25, 0.3) is 5.91 Å². The Kier molecular flexibility index (Phi) is 4.66. The molecular weight excluding hydrogens is 316 g/mol. The fraction of sp³-hybridized carbons (Fsp3) is 0.100. The molecule has 0 aliphatic rings. The smallest absolute Gasteiger partial charge is 0.256 e. The summed E-state index contributed by atoms with van der Waals surface area (Å²) in [6.45, 7) is 3.77. The molecule has 0 aliphatic heterocycles. The Hall–Kier alpha value is -3.34. The molecule has 25 heavy (non-hydrogen) atoms. The molecule has 0 aliphatic carbocycles. The number of nitrogens with zero attached hydrogens (tertiary/aromatic N) is 1. The highest BCUT2D eigenvalue weighted by Crippen LogP contribution is 2.32. The van der Waals surface area contributed by atoms with E-state index in [-0.39, 0.29) is 5.91 Å². The average molecular weight is 334 g/mol. The van der Waals surface area contributed by atoms with Gasteiger partial charge in [-0.05, 0) is 29.8 Å². The molecule has 1 N–H and O–H groups in total. The van der Waals surface area contributed by atoms with Gasteiger partial charge in [-0.25, -0.2) is 0 Å². The number of fused-ring (bicyclic) bond motifs is 1. The molecule has 1 heterocycles. The fourth-order valence-corrected chi connectivity index (χ4v) is 2.65. The average Bonchev–Trinajstić information content (AvgIpc) is 2.67. The van der Waals surface area contributed by atoms with Crippen LogP contribution in [0, 0.1) is 0 Å². The minimum atomic E-state index is -0.269. The minimum absolute atomic E-state index is 0.269. The van der Waals surface area contributed by atoms with E-state index in [1.165, 1.54) is 7.11 Å². The number of aromatic nitrogens is 1. The van der Waals surface area contributed by atoms with Crippen LogP contribution in [0.4, 0.5) is 5.69 Å². The maximum absolute atomic E-state index is 12.8. The lowest BCUT2D eigenvalue weighted by atomic mass is 10.0. The van der Waals surface area contributed by atoms with Gasteiger partial charge in [0.2, 0.25) is 0 Å². The lowest BCUT2D eigenvalue weighted by molar-refractivity contribution is 0.102. The first-order valence-corrected chi connectivity index (χ1v) is 7.71. The van der Waals surface area contributed by atoms with Crippen LogP contribution in [0.15, 0.2) is 55.2 Å². The molecule has 5 nitrogen and oxygen atoms in total. The van der Waals surface area contributed by atoms with E-state index >= 15 is 0 Å². The number of para-hydroxylation sites is 1. The number of carbonyl (C=O) groups excluding carboxylic acids is 1. The number of ether oxygens (including phenoxy) is 2. The largest absolute Gasteiger partial charge is 0.493 e. The van der Waals surface area contributed by atoms with Gasteiger partial charge < -0.3 is 14.8 Å². The molecular formula is C20H18N2O3. The van der Waals surface area contributed by atoms with E-state index in [9.17, 15) is 4.79 Å². The van der Waals surface area contributed by atoms with Gasteiger partial charge in [0, 0.05) is 11.6 Å². The van der Waals surface area contributed by atoms with Gasteiger partial charge in [0.1, 0.15) is 0 Å². The summed E-state index contributed by atoms with van der Waals surface area (Å²) in [6, 6.07) is 12.8. The molecule has 3 rings (SSSR count). The van der Waals surface area contributed by atoms with Crippen molar-refractivity contribution in [3.8, 4) is 11.5 Å². The predicted octanol–water partition coefficient (Wildman–Crippen LogP) is 4.15. The van der Waals surface area contributed by atoms with E-state index in [0.29, 0.717) is 28.3 Å². The van der Waals surface area contributed by atoms with Gasteiger partial charge in [-0.2, -0.15) is 0 Å². The highest BCUT2D eigenvalue weighted by molar-refractivity contribution is 6.10. The van der Waals surface area contributed by atoms with E-state index in [4.69, 9.17) is 9.47 Å². The van der Waals surface area contributed by atoms with Gasteiger partial charge in [-0.15, -0.1) is 0 Å². The lowest BCUT2D eigenvalue weighted by Gasteiger charge is -2.13. The zero-order valence-electron chi connectivity index (χ0n) is 14.1. The highest BCUT2D eigenvalue weighted by Gasteiger charge is 2.16. The molecule has 5 heteroatoms. The van der Waals surface area contributed by atoms with Crippen LogP contribution in [-0.4, -0.2) is 25.1 Å². The molecule has 0 radical (unpaired) electrons. The second-order valence-electron chi connectivity index (χ2n) is 5.33. The highest BCUT2D eigenvalue weighted by atomic mass is 16.5. The Morgan fingerprint density at radius 1 is 1.12 bits per heavy atom. The summed E-state index contributed by atoms with van der Waals surface area (Å²) in [5.41, 5.74) is 2.48. The summed E-state index contributed by atoms with van der Waals surface area (Å²) in [7, 11) is 3.08. The van der Waals surface area contributed by atoms with Crippen LogP contribution in [-0.2, 0) is 0 Å². The van der Waals surface area contributed by atoms with Crippen molar-refractivity contribution in [3.63, 3.8) is 0 Å². The second kappa shape index (κ2) is 7.05. The van der Waals surface area contributed by atoms with Crippen LogP contribution in [0.25, 0.3) is 17.0 Å². The Bertz CT molecular complexity index is 946.